The van der Waals surface area contributed by atoms with Gasteiger partial charge in [0, 0.05) is 20.1 Å². The molecule has 1 aromatic rings. The van der Waals surface area contributed by atoms with E-state index in [0.717, 1.165) is 34.6 Å². The van der Waals surface area contributed by atoms with Crippen molar-refractivity contribution in [2.45, 2.75) is 6.92 Å². The topological polar surface area (TPSA) is 30.3 Å². The van der Waals surface area contributed by atoms with Crippen LogP contribution in [0.15, 0.2) is 35.1 Å². The van der Waals surface area contributed by atoms with Gasteiger partial charge in [-0.1, -0.05) is 18.7 Å². The Morgan fingerprint density at radius 2 is 2.05 bits per heavy atom. The Balaban J connectivity index is 2.35. The lowest BCUT2D eigenvalue weighted by molar-refractivity contribution is 0.122. The second kappa shape index (κ2) is 7.04. The van der Waals surface area contributed by atoms with Crippen molar-refractivity contribution in [3.8, 4) is 0 Å². The minimum atomic E-state index is -0.477. The minimum absolute atomic E-state index is 0.477. The SMILES string of the molecule is C=C(F)/C=C\C(=C/C)c1nn(C)c(N2CCOCC2)c1Br. The van der Waals surface area contributed by atoms with Gasteiger partial charge in [-0.2, -0.15) is 5.10 Å². The first-order valence-electron chi connectivity index (χ1n) is 6.79. The third-order valence-corrected chi connectivity index (χ3v) is 4.03. The Morgan fingerprint density at radius 1 is 1.38 bits per heavy atom. The van der Waals surface area contributed by atoms with Crippen LogP contribution in [0.1, 0.15) is 12.6 Å². The van der Waals surface area contributed by atoms with E-state index in [2.05, 4.69) is 32.5 Å². The summed E-state index contributed by atoms with van der Waals surface area (Å²) < 4.78 is 21.0. The molecule has 114 valence electrons. The fourth-order valence-corrected chi connectivity index (χ4v) is 3.10. The Morgan fingerprint density at radius 3 is 2.62 bits per heavy atom. The molecule has 0 N–H and O–H groups in total. The molecule has 0 aromatic carbocycles. The van der Waals surface area contributed by atoms with E-state index in [-0.39, 0.29) is 0 Å². The average Bonchev–Trinajstić information content (AvgIpc) is 2.75. The molecule has 0 bridgehead atoms. The number of allylic oxidation sites excluding steroid dienone is 5. The molecule has 1 saturated heterocycles. The highest BCUT2D eigenvalue weighted by Crippen LogP contribution is 2.34. The van der Waals surface area contributed by atoms with Crippen LogP contribution in [0.25, 0.3) is 5.57 Å². The monoisotopic (exact) mass is 355 g/mol. The largest absolute Gasteiger partial charge is 0.378 e. The van der Waals surface area contributed by atoms with E-state index < -0.39 is 5.83 Å². The van der Waals surface area contributed by atoms with Crippen molar-refractivity contribution in [2.24, 2.45) is 7.05 Å². The molecular formula is C15H19BrFN3O. The number of anilines is 1. The Kier molecular flexibility index (Phi) is 5.36. The number of aryl methyl sites for hydroxylation is 1. The van der Waals surface area contributed by atoms with Gasteiger partial charge in [0.1, 0.15) is 17.3 Å². The van der Waals surface area contributed by atoms with Gasteiger partial charge in [0.05, 0.1) is 17.7 Å². The molecule has 21 heavy (non-hydrogen) atoms. The third kappa shape index (κ3) is 3.63. The Hall–Kier alpha value is -1.40. The van der Waals surface area contributed by atoms with E-state index in [0.29, 0.717) is 13.2 Å². The van der Waals surface area contributed by atoms with Crippen molar-refractivity contribution in [2.75, 3.05) is 31.2 Å². The highest BCUT2D eigenvalue weighted by atomic mass is 79.9. The van der Waals surface area contributed by atoms with Gasteiger partial charge in [0.2, 0.25) is 0 Å². The van der Waals surface area contributed by atoms with Gasteiger partial charge in [-0.3, -0.25) is 4.68 Å². The highest BCUT2D eigenvalue weighted by molar-refractivity contribution is 9.10. The molecule has 4 nitrogen and oxygen atoms in total. The molecule has 0 saturated carbocycles. The van der Waals surface area contributed by atoms with E-state index in [4.69, 9.17) is 4.74 Å². The van der Waals surface area contributed by atoms with Crippen LogP contribution in [-0.2, 0) is 11.8 Å². The summed E-state index contributed by atoms with van der Waals surface area (Å²) in [7, 11) is 1.91. The standard InChI is InChI=1S/C15H19BrFN3O/c1-4-12(6-5-11(2)17)14-13(16)15(19(3)18-14)20-7-9-21-10-8-20/h4-6H,2,7-10H2,1,3H3/b6-5-,12-4+. The summed E-state index contributed by atoms with van der Waals surface area (Å²) in [6.07, 6.45) is 4.92. The maximum absolute atomic E-state index is 12.8. The summed E-state index contributed by atoms with van der Waals surface area (Å²) >= 11 is 3.63. The first-order chi connectivity index (χ1) is 10.0. The van der Waals surface area contributed by atoms with Gasteiger partial charge in [0.25, 0.3) is 0 Å². The molecule has 0 amide bonds. The zero-order chi connectivity index (χ0) is 15.4. The molecule has 0 spiro atoms. The Labute approximate surface area is 132 Å². The maximum Gasteiger partial charge on any atom is 0.141 e. The summed E-state index contributed by atoms with van der Waals surface area (Å²) in [4.78, 5) is 2.23. The van der Waals surface area contributed by atoms with Crippen LogP contribution >= 0.6 is 15.9 Å². The van der Waals surface area contributed by atoms with Crippen LogP contribution < -0.4 is 4.90 Å². The summed E-state index contributed by atoms with van der Waals surface area (Å²) in [5.41, 5.74) is 1.63. The third-order valence-electron chi connectivity index (χ3n) is 3.30. The van der Waals surface area contributed by atoms with Gasteiger partial charge in [-0.05, 0) is 34.5 Å². The smallest absolute Gasteiger partial charge is 0.141 e. The second-order valence-electron chi connectivity index (χ2n) is 4.73. The zero-order valence-electron chi connectivity index (χ0n) is 12.3. The molecule has 2 rings (SSSR count). The fourth-order valence-electron chi connectivity index (χ4n) is 2.28. The van der Waals surface area contributed by atoms with Crippen molar-refractivity contribution in [1.29, 1.82) is 0 Å². The van der Waals surface area contributed by atoms with E-state index in [1.807, 2.05) is 24.7 Å². The lowest BCUT2D eigenvalue weighted by Crippen LogP contribution is -2.37. The minimum Gasteiger partial charge on any atom is -0.378 e. The van der Waals surface area contributed by atoms with Crippen molar-refractivity contribution in [3.05, 3.63) is 40.8 Å². The summed E-state index contributed by atoms with van der Waals surface area (Å²) in [5, 5.41) is 4.55. The van der Waals surface area contributed by atoms with E-state index >= 15 is 0 Å². The van der Waals surface area contributed by atoms with E-state index in [1.165, 1.54) is 6.08 Å². The van der Waals surface area contributed by atoms with E-state index in [1.54, 1.807) is 6.08 Å². The normalized spacial score (nSPS) is 16.8. The van der Waals surface area contributed by atoms with Crippen molar-refractivity contribution in [3.63, 3.8) is 0 Å². The zero-order valence-corrected chi connectivity index (χ0v) is 13.9. The predicted octanol–water partition coefficient (Wildman–Crippen LogP) is 3.46. The highest BCUT2D eigenvalue weighted by Gasteiger charge is 2.22. The predicted molar refractivity (Wildman–Crippen MR) is 87.0 cm³/mol. The van der Waals surface area contributed by atoms with Crippen molar-refractivity contribution in [1.82, 2.24) is 9.78 Å². The summed E-state index contributed by atoms with van der Waals surface area (Å²) in [5.74, 6) is 0.537. The van der Waals surface area contributed by atoms with Crippen LogP contribution in [0.2, 0.25) is 0 Å². The van der Waals surface area contributed by atoms with E-state index in [9.17, 15) is 4.39 Å². The molecule has 0 aliphatic carbocycles. The summed E-state index contributed by atoms with van der Waals surface area (Å²) in [6, 6.07) is 0. The molecule has 1 aliphatic heterocycles. The van der Waals surface area contributed by atoms with Gasteiger partial charge < -0.3 is 9.64 Å². The number of aromatic nitrogens is 2. The van der Waals surface area contributed by atoms with Crippen molar-refractivity contribution >= 4 is 27.3 Å². The Bertz CT molecular complexity index is 586. The number of morpholine rings is 1. The van der Waals surface area contributed by atoms with Gasteiger partial charge in [-0.25, -0.2) is 4.39 Å². The molecular weight excluding hydrogens is 337 g/mol. The van der Waals surface area contributed by atoms with Crippen molar-refractivity contribution < 1.29 is 9.13 Å². The lowest BCUT2D eigenvalue weighted by atomic mass is 10.1. The average molecular weight is 356 g/mol. The number of nitrogens with zero attached hydrogens (tertiary/aromatic N) is 3. The number of halogens is 2. The second-order valence-corrected chi connectivity index (χ2v) is 5.53. The molecule has 2 heterocycles. The quantitative estimate of drug-likeness (QED) is 0.774. The molecule has 6 heteroatoms. The fraction of sp³-hybridized carbons (Fsp3) is 0.400. The van der Waals surface area contributed by atoms with Crippen LogP contribution in [0, 0.1) is 0 Å². The molecule has 0 radical (unpaired) electrons. The molecule has 0 atom stereocenters. The number of hydrogen-bond acceptors (Lipinski definition) is 3. The first-order valence-corrected chi connectivity index (χ1v) is 7.58. The van der Waals surface area contributed by atoms with Gasteiger partial charge >= 0.3 is 0 Å². The van der Waals surface area contributed by atoms with Crippen LogP contribution in [0.3, 0.4) is 0 Å². The molecule has 0 unspecified atom stereocenters. The molecule has 1 fully saturated rings. The first kappa shape index (κ1) is 16.0. The number of hydrogen-bond donors (Lipinski definition) is 0. The maximum atomic E-state index is 12.8. The molecule has 1 aliphatic rings. The number of ether oxygens (including phenoxy) is 1. The summed E-state index contributed by atoms with van der Waals surface area (Å²) in [6.45, 7) is 8.23. The van der Waals surface area contributed by atoms with Gasteiger partial charge in [-0.15, -0.1) is 0 Å². The lowest BCUT2D eigenvalue weighted by Gasteiger charge is -2.28. The van der Waals surface area contributed by atoms with Crippen LogP contribution in [0.5, 0.6) is 0 Å². The van der Waals surface area contributed by atoms with Crippen LogP contribution in [-0.4, -0.2) is 36.1 Å². The van der Waals surface area contributed by atoms with Crippen LogP contribution in [0.4, 0.5) is 10.2 Å². The van der Waals surface area contributed by atoms with Gasteiger partial charge in [0.15, 0.2) is 0 Å². The number of rotatable bonds is 4. The molecule has 1 aromatic heterocycles.